The van der Waals surface area contributed by atoms with Gasteiger partial charge >= 0.3 is 0 Å². The molecule has 92 valence electrons. The highest BCUT2D eigenvalue weighted by Gasteiger charge is 2.36. The third kappa shape index (κ3) is 3.30. The van der Waals surface area contributed by atoms with Gasteiger partial charge in [-0.05, 0) is 33.9 Å². The van der Waals surface area contributed by atoms with Crippen LogP contribution < -0.4 is 5.32 Å². The Morgan fingerprint density at radius 1 is 1.25 bits per heavy atom. The van der Waals surface area contributed by atoms with Gasteiger partial charge in [-0.3, -0.25) is 9.59 Å². The molecule has 0 bridgehead atoms. The summed E-state index contributed by atoms with van der Waals surface area (Å²) in [6, 6.07) is 0. The zero-order valence-corrected chi connectivity index (χ0v) is 10.5. The van der Waals surface area contributed by atoms with Crippen LogP contribution in [-0.4, -0.2) is 42.8 Å². The molecule has 1 amide bonds. The Bertz CT molecular complexity index is 268. The first-order valence-corrected chi connectivity index (χ1v) is 5.90. The first kappa shape index (κ1) is 13.2. The Hall–Kier alpha value is -0.900. The van der Waals surface area contributed by atoms with Crippen LogP contribution in [0.15, 0.2) is 0 Å². The molecule has 1 N–H and O–H groups in total. The van der Waals surface area contributed by atoms with Crippen molar-refractivity contribution < 1.29 is 9.59 Å². The molecule has 1 aliphatic carbocycles. The number of nitrogens with one attached hydrogen (secondary N) is 1. The standard InChI is InChI=1S/C12H22N2O2/c1-10(15)8-11(16)13-9-12(14(2)3)6-4-5-7-12/h4-9H2,1-3H3,(H,13,16). The lowest BCUT2D eigenvalue weighted by Gasteiger charge is -2.36. The van der Waals surface area contributed by atoms with Crippen molar-refractivity contribution >= 4 is 11.7 Å². The Morgan fingerprint density at radius 3 is 2.25 bits per heavy atom. The van der Waals surface area contributed by atoms with Gasteiger partial charge in [0.2, 0.25) is 5.91 Å². The van der Waals surface area contributed by atoms with E-state index in [0.29, 0.717) is 6.54 Å². The van der Waals surface area contributed by atoms with Crippen molar-refractivity contribution in [3.05, 3.63) is 0 Å². The molecule has 0 saturated heterocycles. The molecule has 0 aliphatic heterocycles. The van der Waals surface area contributed by atoms with E-state index >= 15 is 0 Å². The zero-order valence-electron chi connectivity index (χ0n) is 10.5. The second-order valence-corrected chi connectivity index (χ2v) is 4.98. The summed E-state index contributed by atoms with van der Waals surface area (Å²) in [6.45, 7) is 2.10. The molecule has 0 heterocycles. The van der Waals surface area contributed by atoms with Crippen molar-refractivity contribution in [2.45, 2.75) is 44.6 Å². The number of rotatable bonds is 5. The lowest BCUT2D eigenvalue weighted by molar-refractivity contribution is -0.127. The summed E-state index contributed by atoms with van der Waals surface area (Å²) in [7, 11) is 4.12. The van der Waals surface area contributed by atoms with Crippen LogP contribution in [0.2, 0.25) is 0 Å². The normalized spacial score (nSPS) is 18.8. The largest absolute Gasteiger partial charge is 0.354 e. The van der Waals surface area contributed by atoms with Gasteiger partial charge in [-0.15, -0.1) is 0 Å². The Labute approximate surface area is 97.4 Å². The Kier molecular flexibility index (Phi) is 4.47. The predicted molar refractivity (Wildman–Crippen MR) is 63.2 cm³/mol. The van der Waals surface area contributed by atoms with Gasteiger partial charge in [-0.2, -0.15) is 0 Å². The molecule has 0 unspecified atom stereocenters. The molecule has 0 spiro atoms. The van der Waals surface area contributed by atoms with E-state index in [9.17, 15) is 9.59 Å². The van der Waals surface area contributed by atoms with Gasteiger partial charge in [0, 0.05) is 12.1 Å². The molecule has 0 aromatic heterocycles. The minimum absolute atomic E-state index is 0.00348. The average Bonchev–Trinajstić information content (AvgIpc) is 2.63. The maximum absolute atomic E-state index is 11.4. The van der Waals surface area contributed by atoms with Crippen molar-refractivity contribution in [3.8, 4) is 0 Å². The minimum Gasteiger partial charge on any atom is -0.354 e. The third-order valence-corrected chi connectivity index (χ3v) is 3.51. The number of carbonyl (C=O) groups is 2. The fourth-order valence-corrected chi connectivity index (χ4v) is 2.37. The molecule has 1 saturated carbocycles. The number of amides is 1. The fraction of sp³-hybridized carbons (Fsp3) is 0.833. The smallest absolute Gasteiger partial charge is 0.227 e. The average molecular weight is 226 g/mol. The number of ketones is 1. The van der Waals surface area contributed by atoms with Crippen LogP contribution in [-0.2, 0) is 9.59 Å². The van der Waals surface area contributed by atoms with Gasteiger partial charge in [0.05, 0.1) is 6.42 Å². The predicted octanol–water partition coefficient (Wildman–Crippen LogP) is 0.956. The summed E-state index contributed by atoms with van der Waals surface area (Å²) in [6.07, 6.45) is 4.70. The van der Waals surface area contributed by atoms with Gasteiger partial charge in [-0.1, -0.05) is 12.8 Å². The van der Waals surface area contributed by atoms with Crippen molar-refractivity contribution in [2.75, 3.05) is 20.6 Å². The molecule has 0 atom stereocenters. The summed E-state index contributed by atoms with van der Waals surface area (Å²) < 4.78 is 0. The maximum atomic E-state index is 11.4. The minimum atomic E-state index is -0.152. The third-order valence-electron chi connectivity index (χ3n) is 3.51. The summed E-state index contributed by atoms with van der Waals surface area (Å²) in [5.74, 6) is -0.233. The van der Waals surface area contributed by atoms with E-state index in [1.165, 1.54) is 19.8 Å². The monoisotopic (exact) mass is 226 g/mol. The zero-order chi connectivity index (χ0) is 12.2. The lowest BCUT2D eigenvalue weighted by atomic mass is 9.96. The fourth-order valence-electron chi connectivity index (χ4n) is 2.37. The summed E-state index contributed by atoms with van der Waals surface area (Å²) >= 11 is 0. The molecule has 0 aromatic rings. The molecule has 0 aromatic carbocycles. The quantitative estimate of drug-likeness (QED) is 0.710. The SMILES string of the molecule is CC(=O)CC(=O)NCC1(N(C)C)CCCC1. The van der Waals surface area contributed by atoms with Crippen LogP contribution in [0.3, 0.4) is 0 Å². The Balaban J connectivity index is 2.45. The number of likely N-dealkylation sites (N-methyl/N-ethyl adjacent to an activating group) is 1. The number of hydrogen-bond donors (Lipinski definition) is 1. The van der Waals surface area contributed by atoms with Crippen LogP contribution in [0.5, 0.6) is 0 Å². The van der Waals surface area contributed by atoms with E-state index in [2.05, 4.69) is 24.3 Å². The number of hydrogen-bond acceptors (Lipinski definition) is 3. The number of carbonyl (C=O) groups excluding carboxylic acids is 2. The van der Waals surface area contributed by atoms with E-state index < -0.39 is 0 Å². The number of nitrogens with zero attached hydrogens (tertiary/aromatic N) is 1. The van der Waals surface area contributed by atoms with Crippen molar-refractivity contribution in [1.29, 1.82) is 0 Å². The highest BCUT2D eigenvalue weighted by Crippen LogP contribution is 2.32. The summed E-state index contributed by atoms with van der Waals surface area (Å²) in [5, 5.41) is 2.88. The molecule has 0 radical (unpaired) electrons. The number of Topliss-reactive ketones (excluding diaryl/α,β-unsaturated/α-hetero) is 1. The van der Waals surface area contributed by atoms with E-state index in [-0.39, 0.29) is 23.7 Å². The van der Waals surface area contributed by atoms with Gasteiger partial charge in [0.25, 0.3) is 0 Å². The lowest BCUT2D eigenvalue weighted by Crippen LogP contribution is -2.50. The first-order valence-electron chi connectivity index (χ1n) is 5.90. The second kappa shape index (κ2) is 5.43. The van der Waals surface area contributed by atoms with E-state index in [0.717, 1.165) is 12.8 Å². The molecule has 4 nitrogen and oxygen atoms in total. The molecule has 4 heteroatoms. The van der Waals surface area contributed by atoms with Gasteiger partial charge in [-0.25, -0.2) is 0 Å². The van der Waals surface area contributed by atoms with E-state index in [1.807, 2.05) is 0 Å². The molecular formula is C12H22N2O2. The van der Waals surface area contributed by atoms with Crippen molar-refractivity contribution in [2.24, 2.45) is 0 Å². The van der Waals surface area contributed by atoms with E-state index in [1.54, 1.807) is 0 Å². The van der Waals surface area contributed by atoms with Crippen LogP contribution in [0.1, 0.15) is 39.0 Å². The van der Waals surface area contributed by atoms with Gasteiger partial charge < -0.3 is 10.2 Å². The van der Waals surface area contributed by atoms with Crippen LogP contribution in [0, 0.1) is 0 Å². The highest BCUT2D eigenvalue weighted by atomic mass is 16.2. The highest BCUT2D eigenvalue weighted by molar-refractivity contribution is 5.96. The molecule has 1 aliphatic rings. The van der Waals surface area contributed by atoms with Crippen LogP contribution >= 0.6 is 0 Å². The first-order chi connectivity index (χ1) is 7.46. The van der Waals surface area contributed by atoms with Crippen LogP contribution in [0.4, 0.5) is 0 Å². The maximum Gasteiger partial charge on any atom is 0.227 e. The van der Waals surface area contributed by atoms with Gasteiger partial charge in [0.15, 0.2) is 0 Å². The topological polar surface area (TPSA) is 49.4 Å². The summed E-state index contributed by atoms with van der Waals surface area (Å²) in [4.78, 5) is 24.4. The summed E-state index contributed by atoms with van der Waals surface area (Å²) in [5.41, 5.74) is 0.104. The molecule has 16 heavy (non-hydrogen) atoms. The van der Waals surface area contributed by atoms with E-state index in [4.69, 9.17) is 0 Å². The molecule has 1 fully saturated rings. The van der Waals surface area contributed by atoms with Crippen LogP contribution in [0.25, 0.3) is 0 Å². The van der Waals surface area contributed by atoms with Gasteiger partial charge in [0.1, 0.15) is 5.78 Å². The van der Waals surface area contributed by atoms with Crippen molar-refractivity contribution in [3.63, 3.8) is 0 Å². The Morgan fingerprint density at radius 2 is 1.81 bits per heavy atom. The molecular weight excluding hydrogens is 204 g/mol. The molecule has 1 rings (SSSR count). The second-order valence-electron chi connectivity index (χ2n) is 4.98. The van der Waals surface area contributed by atoms with Crippen molar-refractivity contribution in [1.82, 2.24) is 10.2 Å².